The minimum absolute atomic E-state index is 0.0274. The van der Waals surface area contributed by atoms with E-state index in [1.165, 1.54) is 0 Å². The van der Waals surface area contributed by atoms with Crippen LogP contribution in [0.15, 0.2) is 4.99 Å². The third-order valence-corrected chi connectivity index (χ3v) is 6.27. The summed E-state index contributed by atoms with van der Waals surface area (Å²) in [4.78, 5) is 33.8. The maximum Gasteiger partial charge on any atom is 0.226 e. The summed E-state index contributed by atoms with van der Waals surface area (Å²) in [6.07, 6.45) is 2.06. The average Bonchev–Trinajstić information content (AvgIpc) is 2.99. The Bertz CT molecular complexity index is 543. The fourth-order valence-electron chi connectivity index (χ4n) is 3.92. The van der Waals surface area contributed by atoms with Crippen LogP contribution in [0.1, 0.15) is 40.0 Å². The van der Waals surface area contributed by atoms with E-state index < -0.39 is 0 Å². The molecule has 0 unspecified atom stereocenters. The molecular weight excluding hydrogens is 336 g/mol. The molecule has 0 saturated carbocycles. The fraction of sp³-hybridized carbons (Fsp3) is 0.833. The van der Waals surface area contributed by atoms with Crippen LogP contribution in [0, 0.1) is 11.8 Å². The van der Waals surface area contributed by atoms with E-state index in [9.17, 15) is 9.59 Å². The number of nitrogens with one attached hydrogen (secondary N) is 1. The first-order valence-corrected chi connectivity index (χ1v) is 10.3. The number of rotatable bonds is 3. The minimum Gasteiger partial charge on any atom is -0.353 e. The molecule has 3 heterocycles. The van der Waals surface area contributed by atoms with Crippen molar-refractivity contribution in [1.29, 1.82) is 0 Å². The van der Waals surface area contributed by atoms with Gasteiger partial charge >= 0.3 is 0 Å². The van der Waals surface area contributed by atoms with Gasteiger partial charge < -0.3 is 15.1 Å². The first kappa shape index (κ1) is 18.5. The van der Waals surface area contributed by atoms with Crippen molar-refractivity contribution < 1.29 is 9.59 Å². The molecular formula is C18H30N4O2S. The van der Waals surface area contributed by atoms with E-state index >= 15 is 0 Å². The molecule has 3 aliphatic heterocycles. The number of carbonyl (C=O) groups is 2. The SMILES string of the molecule is CC(C)C[C@@H]1C[C@H](C(=O)N2CCN(C3=NC[C@@H](C)S3)CC2)CC(=O)N1. The van der Waals surface area contributed by atoms with Crippen LogP contribution in [0.3, 0.4) is 0 Å². The van der Waals surface area contributed by atoms with Crippen molar-refractivity contribution in [2.24, 2.45) is 16.8 Å². The summed E-state index contributed by atoms with van der Waals surface area (Å²) < 4.78 is 0. The van der Waals surface area contributed by atoms with Crippen LogP contribution < -0.4 is 5.32 Å². The first-order valence-electron chi connectivity index (χ1n) is 9.46. The Morgan fingerprint density at radius 2 is 2.04 bits per heavy atom. The molecule has 0 bridgehead atoms. The van der Waals surface area contributed by atoms with E-state index in [1.54, 1.807) is 0 Å². The minimum atomic E-state index is -0.151. The number of nitrogens with zero attached hydrogens (tertiary/aromatic N) is 3. The lowest BCUT2D eigenvalue weighted by molar-refractivity contribution is -0.142. The topological polar surface area (TPSA) is 65.0 Å². The summed E-state index contributed by atoms with van der Waals surface area (Å²) in [7, 11) is 0. The zero-order chi connectivity index (χ0) is 18.0. The van der Waals surface area contributed by atoms with Crippen molar-refractivity contribution >= 4 is 28.7 Å². The van der Waals surface area contributed by atoms with E-state index in [0.29, 0.717) is 17.6 Å². The maximum atomic E-state index is 12.9. The largest absolute Gasteiger partial charge is 0.353 e. The van der Waals surface area contributed by atoms with Gasteiger partial charge in [-0.2, -0.15) is 0 Å². The number of amides is 2. The summed E-state index contributed by atoms with van der Waals surface area (Å²) >= 11 is 1.84. The van der Waals surface area contributed by atoms with Crippen molar-refractivity contribution in [3.05, 3.63) is 0 Å². The molecule has 0 aromatic rings. The van der Waals surface area contributed by atoms with Gasteiger partial charge in [-0.1, -0.05) is 32.5 Å². The number of piperazine rings is 1. The molecule has 25 heavy (non-hydrogen) atoms. The number of carbonyl (C=O) groups excluding carboxylic acids is 2. The Morgan fingerprint density at radius 1 is 1.32 bits per heavy atom. The number of amidine groups is 1. The smallest absolute Gasteiger partial charge is 0.226 e. The van der Waals surface area contributed by atoms with Crippen LogP contribution >= 0.6 is 11.8 Å². The van der Waals surface area contributed by atoms with Gasteiger partial charge in [0.15, 0.2) is 5.17 Å². The van der Waals surface area contributed by atoms with Crippen LogP contribution in [-0.2, 0) is 9.59 Å². The lowest BCUT2D eigenvalue weighted by atomic mass is 9.87. The molecule has 3 rings (SSSR count). The number of aliphatic imine (C=N–C) groups is 1. The van der Waals surface area contributed by atoms with Gasteiger partial charge in [0.2, 0.25) is 11.8 Å². The molecule has 0 aromatic heterocycles. The van der Waals surface area contributed by atoms with Crippen molar-refractivity contribution in [2.75, 3.05) is 32.7 Å². The quantitative estimate of drug-likeness (QED) is 0.823. The highest BCUT2D eigenvalue weighted by molar-refractivity contribution is 8.14. The van der Waals surface area contributed by atoms with E-state index in [-0.39, 0.29) is 23.8 Å². The third-order valence-electron chi connectivity index (χ3n) is 5.12. The van der Waals surface area contributed by atoms with Crippen molar-refractivity contribution in [2.45, 2.75) is 51.3 Å². The predicted molar refractivity (Wildman–Crippen MR) is 102 cm³/mol. The van der Waals surface area contributed by atoms with Gasteiger partial charge in [0.1, 0.15) is 0 Å². The highest BCUT2D eigenvalue weighted by Gasteiger charge is 2.35. The van der Waals surface area contributed by atoms with E-state index in [2.05, 4.69) is 36.0 Å². The second-order valence-electron chi connectivity index (χ2n) is 7.89. The zero-order valence-electron chi connectivity index (χ0n) is 15.5. The van der Waals surface area contributed by atoms with Crippen molar-refractivity contribution in [3.8, 4) is 0 Å². The Morgan fingerprint density at radius 3 is 2.64 bits per heavy atom. The van der Waals surface area contributed by atoms with Gasteiger partial charge in [0.05, 0.1) is 6.54 Å². The van der Waals surface area contributed by atoms with Gasteiger partial charge in [-0.15, -0.1) is 0 Å². The lowest BCUT2D eigenvalue weighted by Crippen LogP contribution is -2.54. The summed E-state index contributed by atoms with van der Waals surface area (Å²) in [5, 5.41) is 4.74. The number of piperidine rings is 1. The monoisotopic (exact) mass is 366 g/mol. The summed E-state index contributed by atoms with van der Waals surface area (Å²) in [5.41, 5.74) is 0. The van der Waals surface area contributed by atoms with E-state index in [1.807, 2.05) is 16.7 Å². The lowest BCUT2D eigenvalue weighted by Gasteiger charge is -2.39. The standard InChI is InChI=1S/C18H30N4O2S/c1-12(2)8-15-9-14(10-16(23)20-15)17(24)21-4-6-22(7-5-21)18-19-11-13(3)25-18/h12-15H,4-11H2,1-3H3,(H,20,23)/t13-,14+,15-/m1/s1. The number of thioether (sulfide) groups is 1. The van der Waals surface area contributed by atoms with E-state index in [0.717, 1.165) is 50.7 Å². The highest BCUT2D eigenvalue weighted by Crippen LogP contribution is 2.26. The molecule has 3 atom stereocenters. The van der Waals surface area contributed by atoms with Gasteiger partial charge in [-0.25, -0.2) is 0 Å². The van der Waals surface area contributed by atoms with Gasteiger partial charge in [-0.3, -0.25) is 14.6 Å². The van der Waals surface area contributed by atoms with Gasteiger partial charge in [0.25, 0.3) is 0 Å². The van der Waals surface area contributed by atoms with Crippen LogP contribution in [0.4, 0.5) is 0 Å². The Hall–Kier alpha value is -1.24. The molecule has 2 amide bonds. The van der Waals surface area contributed by atoms with Gasteiger partial charge in [-0.05, 0) is 18.8 Å². The Labute approximate surface area is 154 Å². The van der Waals surface area contributed by atoms with Crippen molar-refractivity contribution in [3.63, 3.8) is 0 Å². The van der Waals surface area contributed by atoms with Crippen molar-refractivity contribution in [1.82, 2.24) is 15.1 Å². The normalized spacial score (nSPS) is 30.5. The molecule has 2 saturated heterocycles. The molecule has 6 nitrogen and oxygen atoms in total. The molecule has 140 valence electrons. The number of hydrogen-bond donors (Lipinski definition) is 1. The fourth-order valence-corrected chi connectivity index (χ4v) is 4.91. The van der Waals surface area contributed by atoms with Crippen LogP contribution in [0.25, 0.3) is 0 Å². The van der Waals surface area contributed by atoms with Gasteiger partial charge in [0, 0.05) is 49.8 Å². The summed E-state index contributed by atoms with van der Waals surface area (Å²) in [6, 6.07) is 0.141. The molecule has 0 spiro atoms. The Kier molecular flexibility index (Phi) is 5.92. The molecule has 0 aromatic carbocycles. The second kappa shape index (κ2) is 7.98. The Balaban J connectivity index is 1.52. The summed E-state index contributed by atoms with van der Waals surface area (Å²) in [5.74, 6) is 0.564. The first-order chi connectivity index (χ1) is 11.9. The van der Waals surface area contributed by atoms with E-state index in [4.69, 9.17) is 0 Å². The molecule has 0 aliphatic carbocycles. The molecule has 3 aliphatic rings. The molecule has 0 radical (unpaired) electrons. The number of hydrogen-bond acceptors (Lipinski definition) is 5. The second-order valence-corrected chi connectivity index (χ2v) is 9.30. The summed E-state index contributed by atoms with van der Waals surface area (Å²) in [6.45, 7) is 10.6. The van der Waals surface area contributed by atoms with Crippen LogP contribution in [0.2, 0.25) is 0 Å². The highest BCUT2D eigenvalue weighted by atomic mass is 32.2. The van der Waals surface area contributed by atoms with Crippen LogP contribution in [0.5, 0.6) is 0 Å². The average molecular weight is 367 g/mol. The zero-order valence-corrected chi connectivity index (χ0v) is 16.3. The predicted octanol–water partition coefficient (Wildman–Crippen LogP) is 1.56. The maximum absolute atomic E-state index is 12.9. The molecule has 1 N–H and O–H groups in total. The molecule has 2 fully saturated rings. The molecule has 7 heteroatoms. The third kappa shape index (κ3) is 4.68. The van der Waals surface area contributed by atoms with Crippen LogP contribution in [-0.4, -0.2) is 70.8 Å².